The lowest BCUT2D eigenvalue weighted by molar-refractivity contribution is 0.0652. The summed E-state index contributed by atoms with van der Waals surface area (Å²) in [5, 5.41) is 4.42. The van der Waals surface area contributed by atoms with Gasteiger partial charge in [-0.05, 0) is 39.2 Å². The molecule has 0 radical (unpaired) electrons. The highest BCUT2D eigenvalue weighted by Gasteiger charge is 2.29. The second-order valence-corrected chi connectivity index (χ2v) is 6.24. The van der Waals surface area contributed by atoms with Gasteiger partial charge in [0.2, 0.25) is 0 Å². The molecule has 0 aliphatic carbocycles. The Morgan fingerprint density at radius 2 is 2.18 bits per heavy atom. The second kappa shape index (κ2) is 5.93. The molecular formula is C17H22N4O. The van der Waals surface area contributed by atoms with Crippen LogP contribution in [0.4, 0.5) is 0 Å². The molecule has 2 aromatic rings. The predicted molar refractivity (Wildman–Crippen MR) is 85.7 cm³/mol. The van der Waals surface area contributed by atoms with Crippen LogP contribution in [0.5, 0.6) is 0 Å². The van der Waals surface area contributed by atoms with E-state index in [1.807, 2.05) is 62.4 Å². The first kappa shape index (κ1) is 14.8. The van der Waals surface area contributed by atoms with Gasteiger partial charge in [-0.15, -0.1) is 0 Å². The minimum atomic E-state index is 0.0971. The Morgan fingerprint density at radius 1 is 1.36 bits per heavy atom. The van der Waals surface area contributed by atoms with Gasteiger partial charge in [0.05, 0.1) is 18.3 Å². The van der Waals surface area contributed by atoms with Crippen molar-refractivity contribution in [2.75, 3.05) is 27.2 Å². The monoisotopic (exact) mass is 298 g/mol. The number of carbonyl (C=O) groups is 1. The number of fused-ring (bicyclic) bond motifs is 1. The summed E-state index contributed by atoms with van der Waals surface area (Å²) in [6.45, 7) is 4.19. The summed E-state index contributed by atoms with van der Waals surface area (Å²) in [7, 11) is 4.09. The molecule has 3 rings (SSSR count). The Kier molecular flexibility index (Phi) is 3.98. The number of carbonyl (C=O) groups excluding carboxylic acids is 1. The lowest BCUT2D eigenvalue weighted by Crippen LogP contribution is -2.44. The predicted octanol–water partition coefficient (Wildman–Crippen LogP) is 1.95. The Morgan fingerprint density at radius 3 is 2.91 bits per heavy atom. The molecule has 1 amide bonds. The van der Waals surface area contributed by atoms with E-state index >= 15 is 0 Å². The molecule has 0 N–H and O–H groups in total. The van der Waals surface area contributed by atoms with Crippen molar-refractivity contribution < 1.29 is 4.79 Å². The molecule has 0 spiro atoms. The molecule has 116 valence electrons. The average Bonchev–Trinajstić information content (AvgIpc) is 2.94. The number of hydrogen-bond acceptors (Lipinski definition) is 3. The summed E-state index contributed by atoms with van der Waals surface area (Å²) in [4.78, 5) is 16.9. The number of nitrogens with zero attached hydrogens (tertiary/aromatic N) is 4. The van der Waals surface area contributed by atoms with Crippen LogP contribution >= 0.6 is 0 Å². The molecule has 0 bridgehead atoms. The van der Waals surface area contributed by atoms with Crippen LogP contribution in [0.25, 0.3) is 0 Å². The Labute approximate surface area is 131 Å². The summed E-state index contributed by atoms with van der Waals surface area (Å²) in [5.41, 5.74) is 2.97. The summed E-state index contributed by atoms with van der Waals surface area (Å²) in [6, 6.07) is 9.99. The maximum Gasteiger partial charge on any atom is 0.254 e. The molecule has 0 saturated heterocycles. The summed E-state index contributed by atoms with van der Waals surface area (Å²) in [5.74, 6) is 0.0971. The van der Waals surface area contributed by atoms with Crippen molar-refractivity contribution in [3.63, 3.8) is 0 Å². The largest absolute Gasteiger partial charge is 0.331 e. The van der Waals surface area contributed by atoms with Crippen molar-refractivity contribution >= 4 is 5.91 Å². The van der Waals surface area contributed by atoms with Gasteiger partial charge in [0.1, 0.15) is 0 Å². The van der Waals surface area contributed by atoms with E-state index in [1.54, 1.807) is 0 Å². The van der Waals surface area contributed by atoms with Gasteiger partial charge in [-0.3, -0.25) is 9.48 Å². The third-order valence-electron chi connectivity index (χ3n) is 4.01. The summed E-state index contributed by atoms with van der Waals surface area (Å²) >= 11 is 0. The number of likely N-dealkylation sites (N-methyl/N-ethyl adjacent to an activating group) is 1. The molecule has 1 atom stereocenters. The Hall–Kier alpha value is -2.14. The van der Waals surface area contributed by atoms with E-state index in [0.29, 0.717) is 13.1 Å². The van der Waals surface area contributed by atoms with Crippen LogP contribution in [-0.2, 0) is 6.54 Å². The lowest BCUT2D eigenvalue weighted by atomic mass is 10.1. The topological polar surface area (TPSA) is 41.4 Å². The quantitative estimate of drug-likeness (QED) is 0.870. The van der Waals surface area contributed by atoms with Crippen LogP contribution in [0.15, 0.2) is 36.5 Å². The molecule has 5 nitrogen and oxygen atoms in total. The molecule has 1 aliphatic rings. The van der Waals surface area contributed by atoms with E-state index in [2.05, 4.69) is 14.7 Å². The van der Waals surface area contributed by atoms with Crippen LogP contribution in [0.2, 0.25) is 0 Å². The fourth-order valence-electron chi connectivity index (χ4n) is 3.06. The molecule has 1 aromatic heterocycles. The van der Waals surface area contributed by atoms with E-state index in [4.69, 9.17) is 0 Å². The molecular weight excluding hydrogens is 276 g/mol. The van der Waals surface area contributed by atoms with E-state index in [0.717, 1.165) is 23.4 Å². The van der Waals surface area contributed by atoms with E-state index < -0.39 is 0 Å². The Balaban J connectivity index is 1.85. The molecule has 0 fully saturated rings. The fraction of sp³-hybridized carbons (Fsp3) is 0.412. The molecule has 0 saturated carbocycles. The molecule has 2 heterocycles. The molecule has 1 aliphatic heterocycles. The fourth-order valence-corrected chi connectivity index (χ4v) is 3.06. The number of rotatable bonds is 3. The zero-order valence-electron chi connectivity index (χ0n) is 13.4. The van der Waals surface area contributed by atoms with Crippen molar-refractivity contribution in [3.05, 3.63) is 53.3 Å². The first-order chi connectivity index (χ1) is 10.5. The van der Waals surface area contributed by atoms with Crippen molar-refractivity contribution in [1.29, 1.82) is 0 Å². The smallest absolute Gasteiger partial charge is 0.254 e. The van der Waals surface area contributed by atoms with Gasteiger partial charge in [0.15, 0.2) is 0 Å². The first-order valence-corrected chi connectivity index (χ1v) is 7.57. The normalized spacial score (nSPS) is 17.6. The van der Waals surface area contributed by atoms with Gasteiger partial charge >= 0.3 is 0 Å². The average molecular weight is 298 g/mol. The molecule has 22 heavy (non-hydrogen) atoms. The lowest BCUT2D eigenvalue weighted by Gasteiger charge is -2.35. The number of aromatic nitrogens is 2. The van der Waals surface area contributed by atoms with Crippen molar-refractivity contribution in [2.45, 2.75) is 19.5 Å². The van der Waals surface area contributed by atoms with Gasteiger partial charge < -0.3 is 9.80 Å². The van der Waals surface area contributed by atoms with Gasteiger partial charge in [0.25, 0.3) is 5.91 Å². The number of hydrogen-bond donors (Lipinski definition) is 0. The second-order valence-electron chi connectivity index (χ2n) is 6.24. The van der Waals surface area contributed by atoms with Gasteiger partial charge in [-0.25, -0.2) is 0 Å². The third-order valence-corrected chi connectivity index (χ3v) is 4.01. The Bertz CT molecular complexity index is 677. The van der Waals surface area contributed by atoms with Gasteiger partial charge in [-0.1, -0.05) is 17.7 Å². The minimum absolute atomic E-state index is 0.0971. The molecule has 0 unspecified atom stereocenters. The standard InChI is InChI=1S/C17H22N4O/c1-13-5-4-6-14(9-13)17(22)20-11-15-7-8-18-21(15)16(12-20)10-19(2)3/h4-9,16H,10-12H2,1-3H3/t16-/m1/s1. The van der Waals surface area contributed by atoms with Crippen molar-refractivity contribution in [1.82, 2.24) is 19.6 Å². The first-order valence-electron chi connectivity index (χ1n) is 7.57. The van der Waals surface area contributed by atoms with Crippen LogP contribution in [0.3, 0.4) is 0 Å². The summed E-state index contributed by atoms with van der Waals surface area (Å²) < 4.78 is 2.06. The van der Waals surface area contributed by atoms with Crippen LogP contribution < -0.4 is 0 Å². The number of benzene rings is 1. The van der Waals surface area contributed by atoms with Crippen molar-refractivity contribution in [2.24, 2.45) is 0 Å². The third kappa shape index (κ3) is 2.90. The highest BCUT2D eigenvalue weighted by atomic mass is 16.2. The highest BCUT2D eigenvalue weighted by molar-refractivity contribution is 5.94. The van der Waals surface area contributed by atoms with Gasteiger partial charge in [0, 0.05) is 24.8 Å². The maximum atomic E-state index is 12.8. The van der Waals surface area contributed by atoms with E-state index in [1.165, 1.54) is 0 Å². The maximum absolute atomic E-state index is 12.8. The number of amides is 1. The van der Waals surface area contributed by atoms with Crippen LogP contribution in [0.1, 0.15) is 27.7 Å². The molecule has 1 aromatic carbocycles. The summed E-state index contributed by atoms with van der Waals surface area (Å²) in [6.07, 6.45) is 1.82. The van der Waals surface area contributed by atoms with Crippen molar-refractivity contribution in [3.8, 4) is 0 Å². The van der Waals surface area contributed by atoms with E-state index in [-0.39, 0.29) is 11.9 Å². The van der Waals surface area contributed by atoms with Crippen LogP contribution in [-0.4, -0.2) is 52.7 Å². The zero-order chi connectivity index (χ0) is 15.7. The minimum Gasteiger partial charge on any atom is -0.331 e. The van der Waals surface area contributed by atoms with E-state index in [9.17, 15) is 4.79 Å². The number of aryl methyl sites for hydroxylation is 1. The van der Waals surface area contributed by atoms with Crippen LogP contribution in [0, 0.1) is 6.92 Å². The highest BCUT2D eigenvalue weighted by Crippen LogP contribution is 2.22. The zero-order valence-corrected chi connectivity index (χ0v) is 13.4. The molecule has 5 heteroatoms. The van der Waals surface area contributed by atoms with Gasteiger partial charge in [-0.2, -0.15) is 5.10 Å². The SMILES string of the molecule is Cc1cccc(C(=O)N2Cc3ccnn3[C@H](CN(C)C)C2)c1.